The summed E-state index contributed by atoms with van der Waals surface area (Å²) in [6.45, 7) is 3.00. The largest absolute Gasteiger partial charge is 0.384 e. The first kappa shape index (κ1) is 13.0. The quantitative estimate of drug-likeness (QED) is 0.464. The van der Waals surface area contributed by atoms with E-state index in [0.717, 1.165) is 41.6 Å². The minimum absolute atomic E-state index is 0.0370. The van der Waals surface area contributed by atoms with Gasteiger partial charge in [-0.15, -0.1) is 5.10 Å². The highest BCUT2D eigenvalue weighted by Crippen LogP contribution is 2.27. The Bertz CT molecular complexity index is 1020. The Hall–Kier alpha value is -2.69. The third-order valence-corrected chi connectivity index (χ3v) is 4.06. The van der Waals surface area contributed by atoms with Crippen LogP contribution in [-0.4, -0.2) is 21.4 Å². The van der Waals surface area contributed by atoms with Crippen molar-refractivity contribution in [2.24, 2.45) is 0 Å². The molecule has 2 aromatic heterocycles. The summed E-state index contributed by atoms with van der Waals surface area (Å²) < 4.78 is 1.77. The van der Waals surface area contributed by atoms with E-state index >= 15 is 0 Å². The Morgan fingerprint density at radius 3 is 2.91 bits per heavy atom. The lowest BCUT2D eigenvalue weighted by molar-refractivity contribution is 0.835. The zero-order valence-electron chi connectivity index (χ0n) is 12.3. The minimum atomic E-state index is 0.0370. The summed E-state index contributed by atoms with van der Waals surface area (Å²) in [7, 11) is 0. The van der Waals surface area contributed by atoms with Gasteiger partial charge in [-0.05, 0) is 30.7 Å². The highest BCUT2D eigenvalue weighted by Gasteiger charge is 2.16. The van der Waals surface area contributed by atoms with Gasteiger partial charge in [-0.1, -0.05) is 30.7 Å². The first-order chi connectivity index (χ1) is 10.8. The summed E-state index contributed by atoms with van der Waals surface area (Å²) in [6.07, 6.45) is 2.18. The Labute approximate surface area is 126 Å². The van der Waals surface area contributed by atoms with Crippen LogP contribution >= 0.6 is 0 Å². The molecule has 0 spiro atoms. The SMILES string of the molecule is CCCCNc1ccc2nnn3c4ccccc4c(=O)c1c23. The average molecular weight is 292 g/mol. The number of aromatic nitrogens is 3. The van der Waals surface area contributed by atoms with Gasteiger partial charge in [0.1, 0.15) is 11.0 Å². The number of nitrogens with zero attached hydrogens (tertiary/aromatic N) is 3. The highest BCUT2D eigenvalue weighted by atomic mass is 16.1. The topological polar surface area (TPSA) is 59.3 Å². The van der Waals surface area contributed by atoms with Gasteiger partial charge in [-0.2, -0.15) is 0 Å². The number of nitrogens with one attached hydrogen (secondary N) is 1. The molecule has 0 radical (unpaired) electrons. The van der Waals surface area contributed by atoms with E-state index in [-0.39, 0.29) is 5.43 Å². The maximum atomic E-state index is 12.9. The molecule has 1 N–H and O–H groups in total. The van der Waals surface area contributed by atoms with E-state index in [4.69, 9.17) is 0 Å². The highest BCUT2D eigenvalue weighted by molar-refractivity contribution is 6.06. The fourth-order valence-corrected chi connectivity index (χ4v) is 2.94. The van der Waals surface area contributed by atoms with Gasteiger partial charge in [0.2, 0.25) is 0 Å². The number of hydrogen-bond acceptors (Lipinski definition) is 4. The Kier molecular flexibility index (Phi) is 2.92. The van der Waals surface area contributed by atoms with Crippen LogP contribution in [0, 0.1) is 0 Å². The average Bonchev–Trinajstić information content (AvgIpc) is 2.98. The molecule has 0 saturated heterocycles. The van der Waals surface area contributed by atoms with Crippen molar-refractivity contribution in [3.8, 4) is 0 Å². The van der Waals surface area contributed by atoms with Crippen LogP contribution in [0.4, 0.5) is 5.69 Å². The zero-order valence-corrected chi connectivity index (χ0v) is 12.3. The van der Waals surface area contributed by atoms with E-state index in [9.17, 15) is 4.79 Å². The summed E-state index contributed by atoms with van der Waals surface area (Å²) >= 11 is 0. The monoisotopic (exact) mass is 292 g/mol. The van der Waals surface area contributed by atoms with E-state index in [2.05, 4.69) is 22.6 Å². The number of anilines is 1. The molecule has 2 heterocycles. The van der Waals surface area contributed by atoms with Gasteiger partial charge < -0.3 is 5.32 Å². The molecular weight excluding hydrogens is 276 g/mol. The van der Waals surface area contributed by atoms with Crippen molar-refractivity contribution in [2.75, 3.05) is 11.9 Å². The lowest BCUT2D eigenvalue weighted by Gasteiger charge is -2.10. The number of benzene rings is 2. The molecule has 0 aliphatic carbocycles. The van der Waals surface area contributed by atoms with Crippen molar-refractivity contribution >= 4 is 33.0 Å². The maximum Gasteiger partial charge on any atom is 0.199 e. The number of hydrogen-bond donors (Lipinski definition) is 1. The zero-order chi connectivity index (χ0) is 15.1. The Morgan fingerprint density at radius 2 is 2.05 bits per heavy atom. The number of rotatable bonds is 4. The predicted molar refractivity (Wildman–Crippen MR) is 88.9 cm³/mol. The van der Waals surface area contributed by atoms with E-state index in [1.807, 2.05) is 36.4 Å². The van der Waals surface area contributed by atoms with Crippen molar-refractivity contribution in [3.05, 3.63) is 46.6 Å². The van der Waals surface area contributed by atoms with E-state index in [1.54, 1.807) is 4.52 Å². The van der Waals surface area contributed by atoms with Gasteiger partial charge in [-0.3, -0.25) is 4.79 Å². The molecule has 0 aliphatic rings. The van der Waals surface area contributed by atoms with Crippen LogP contribution in [0.5, 0.6) is 0 Å². The van der Waals surface area contributed by atoms with Gasteiger partial charge in [0, 0.05) is 17.6 Å². The molecular formula is C17H16N4O. The number of unbranched alkanes of at least 4 members (excludes halogenated alkanes) is 1. The molecule has 4 aromatic rings. The normalized spacial score (nSPS) is 11.7. The number of pyridine rings is 1. The molecule has 0 saturated carbocycles. The molecule has 5 heteroatoms. The summed E-state index contributed by atoms with van der Waals surface area (Å²) in [5.74, 6) is 0. The second kappa shape index (κ2) is 4.94. The van der Waals surface area contributed by atoms with Gasteiger partial charge in [-0.25, -0.2) is 4.52 Å². The molecule has 0 unspecified atom stereocenters. The second-order valence-corrected chi connectivity index (χ2v) is 5.48. The van der Waals surface area contributed by atoms with Crippen molar-refractivity contribution in [3.63, 3.8) is 0 Å². The van der Waals surface area contributed by atoms with Gasteiger partial charge in [0.05, 0.1) is 10.9 Å². The van der Waals surface area contributed by atoms with Crippen LogP contribution in [0.2, 0.25) is 0 Å². The molecule has 0 amide bonds. The molecule has 0 bridgehead atoms. The summed E-state index contributed by atoms with van der Waals surface area (Å²) in [5, 5.41) is 13.2. The van der Waals surface area contributed by atoms with E-state index < -0.39 is 0 Å². The van der Waals surface area contributed by atoms with Crippen LogP contribution in [0.25, 0.3) is 27.3 Å². The number of fused-ring (bicyclic) bond motifs is 2. The van der Waals surface area contributed by atoms with Crippen molar-refractivity contribution < 1.29 is 0 Å². The first-order valence-electron chi connectivity index (χ1n) is 7.57. The number of para-hydroxylation sites is 1. The third-order valence-electron chi connectivity index (χ3n) is 4.06. The minimum Gasteiger partial charge on any atom is -0.384 e. The first-order valence-corrected chi connectivity index (χ1v) is 7.57. The molecule has 110 valence electrons. The standard InChI is InChI=1S/C17H16N4O/c1-2-3-10-18-12-8-9-13-16-15(12)17(22)11-6-4-5-7-14(11)21(16)20-19-13/h4-9,18H,2-3,10H2,1H3. The lowest BCUT2D eigenvalue weighted by Crippen LogP contribution is -2.11. The van der Waals surface area contributed by atoms with Crippen LogP contribution in [-0.2, 0) is 0 Å². The maximum absolute atomic E-state index is 12.9. The third kappa shape index (κ3) is 1.75. The molecule has 22 heavy (non-hydrogen) atoms. The Balaban J connectivity index is 2.10. The van der Waals surface area contributed by atoms with Gasteiger partial charge in [0.15, 0.2) is 5.43 Å². The van der Waals surface area contributed by atoms with Gasteiger partial charge in [0.25, 0.3) is 0 Å². The fraction of sp³-hybridized carbons (Fsp3) is 0.235. The summed E-state index contributed by atoms with van der Waals surface area (Å²) in [6, 6.07) is 11.4. The smallest absolute Gasteiger partial charge is 0.199 e. The van der Waals surface area contributed by atoms with Crippen molar-refractivity contribution in [1.82, 2.24) is 14.8 Å². The van der Waals surface area contributed by atoms with Crippen LogP contribution in [0.3, 0.4) is 0 Å². The predicted octanol–water partition coefficient (Wildman–Crippen LogP) is 3.05. The van der Waals surface area contributed by atoms with Crippen LogP contribution in [0.15, 0.2) is 41.2 Å². The van der Waals surface area contributed by atoms with Gasteiger partial charge >= 0.3 is 0 Å². The molecule has 4 rings (SSSR count). The Morgan fingerprint density at radius 1 is 1.18 bits per heavy atom. The summed E-state index contributed by atoms with van der Waals surface area (Å²) in [4.78, 5) is 12.9. The van der Waals surface area contributed by atoms with Crippen LogP contribution < -0.4 is 10.7 Å². The molecule has 2 aromatic carbocycles. The molecule has 5 nitrogen and oxygen atoms in total. The van der Waals surface area contributed by atoms with Crippen molar-refractivity contribution in [1.29, 1.82) is 0 Å². The molecule has 0 aliphatic heterocycles. The second-order valence-electron chi connectivity index (χ2n) is 5.48. The van der Waals surface area contributed by atoms with E-state index in [1.165, 1.54) is 0 Å². The molecule has 0 atom stereocenters. The van der Waals surface area contributed by atoms with Crippen molar-refractivity contribution in [2.45, 2.75) is 19.8 Å². The lowest BCUT2D eigenvalue weighted by atomic mass is 10.1. The summed E-state index contributed by atoms with van der Waals surface area (Å²) in [5.41, 5.74) is 3.25. The fourth-order valence-electron chi connectivity index (χ4n) is 2.94. The van der Waals surface area contributed by atoms with Crippen LogP contribution in [0.1, 0.15) is 19.8 Å². The molecule has 0 fully saturated rings. The van der Waals surface area contributed by atoms with E-state index in [0.29, 0.717) is 10.8 Å².